The molecule has 6 nitrogen and oxygen atoms in total. The summed E-state index contributed by atoms with van der Waals surface area (Å²) in [6.07, 6.45) is 2.19. The number of rotatable bonds is 8. The number of likely N-dealkylation sites (N-methyl/N-ethyl adjacent to an activating group) is 1. The number of hydrogen-bond acceptors (Lipinski definition) is 4. The molecule has 2 unspecified atom stereocenters. The van der Waals surface area contributed by atoms with Crippen molar-refractivity contribution in [1.29, 1.82) is 0 Å². The highest BCUT2D eigenvalue weighted by atomic mass is 16.5. The van der Waals surface area contributed by atoms with Crippen LogP contribution in [0.2, 0.25) is 0 Å². The minimum atomic E-state index is -0.129. The van der Waals surface area contributed by atoms with Crippen LogP contribution in [0.4, 0.5) is 0 Å². The lowest BCUT2D eigenvalue weighted by atomic mass is 10.0. The molecule has 1 aliphatic rings. The maximum Gasteiger partial charge on any atom is 0.191 e. The summed E-state index contributed by atoms with van der Waals surface area (Å²) in [4.78, 5) is 6.95. The SMILES string of the molecule is CCNC(=NCC1(C)CCCO1)NCC(c1cccc(OC)c1)N(C)C. The molecule has 2 rings (SSSR count). The van der Waals surface area contributed by atoms with E-state index in [1.807, 2.05) is 12.1 Å². The van der Waals surface area contributed by atoms with Crippen molar-refractivity contribution in [2.45, 2.75) is 38.3 Å². The standard InChI is InChI=1S/C20H34N4O2/c1-6-21-19(23-15-20(2)11-8-12-26-20)22-14-18(24(3)4)16-9-7-10-17(13-16)25-5/h7,9-10,13,18H,6,8,11-12,14-15H2,1-5H3,(H2,21,22,23). The molecule has 0 bridgehead atoms. The summed E-state index contributed by atoms with van der Waals surface area (Å²) in [7, 11) is 5.87. The van der Waals surface area contributed by atoms with Crippen molar-refractivity contribution in [3.05, 3.63) is 29.8 Å². The normalized spacial score (nSPS) is 21.7. The fourth-order valence-electron chi connectivity index (χ4n) is 3.19. The molecule has 1 fully saturated rings. The van der Waals surface area contributed by atoms with Crippen molar-refractivity contribution in [2.75, 3.05) is 47.4 Å². The zero-order chi connectivity index (χ0) is 19.0. The second-order valence-corrected chi connectivity index (χ2v) is 7.23. The lowest BCUT2D eigenvalue weighted by Gasteiger charge is -2.27. The third-order valence-electron chi connectivity index (χ3n) is 4.78. The lowest BCUT2D eigenvalue weighted by Crippen LogP contribution is -2.42. The van der Waals surface area contributed by atoms with Gasteiger partial charge in [0.25, 0.3) is 0 Å². The van der Waals surface area contributed by atoms with Gasteiger partial charge in [-0.3, -0.25) is 4.99 Å². The lowest BCUT2D eigenvalue weighted by molar-refractivity contribution is 0.0283. The summed E-state index contributed by atoms with van der Waals surface area (Å²) >= 11 is 0. The molecule has 0 radical (unpaired) electrons. The van der Waals surface area contributed by atoms with Crippen molar-refractivity contribution < 1.29 is 9.47 Å². The number of guanidine groups is 1. The number of hydrogen-bond donors (Lipinski definition) is 2. The van der Waals surface area contributed by atoms with Gasteiger partial charge in [0, 0.05) is 19.7 Å². The molecule has 0 aromatic heterocycles. The molecule has 1 heterocycles. The summed E-state index contributed by atoms with van der Waals surface area (Å²) in [5.41, 5.74) is 1.08. The van der Waals surface area contributed by atoms with E-state index in [9.17, 15) is 0 Å². The predicted octanol–water partition coefficient (Wildman–Crippen LogP) is 2.42. The van der Waals surface area contributed by atoms with Crippen LogP contribution >= 0.6 is 0 Å². The molecular weight excluding hydrogens is 328 g/mol. The van der Waals surface area contributed by atoms with Crippen LogP contribution in [0.25, 0.3) is 0 Å². The first kappa shape index (κ1) is 20.5. The molecule has 1 aliphatic heterocycles. The Bertz CT molecular complexity index is 583. The van der Waals surface area contributed by atoms with Crippen LogP contribution in [0.3, 0.4) is 0 Å². The van der Waals surface area contributed by atoms with Crippen LogP contribution in [0.5, 0.6) is 5.75 Å². The fourth-order valence-corrected chi connectivity index (χ4v) is 3.19. The van der Waals surface area contributed by atoms with Gasteiger partial charge in [-0.25, -0.2) is 0 Å². The molecule has 1 saturated heterocycles. The van der Waals surface area contributed by atoms with Gasteiger partial charge in [-0.15, -0.1) is 0 Å². The number of benzene rings is 1. The van der Waals surface area contributed by atoms with Crippen LogP contribution < -0.4 is 15.4 Å². The third kappa shape index (κ3) is 5.88. The first-order chi connectivity index (χ1) is 12.5. The van der Waals surface area contributed by atoms with E-state index in [4.69, 9.17) is 14.5 Å². The van der Waals surface area contributed by atoms with Gasteiger partial charge in [0.15, 0.2) is 5.96 Å². The Hall–Kier alpha value is -1.79. The van der Waals surface area contributed by atoms with E-state index in [2.05, 4.69) is 55.6 Å². The van der Waals surface area contributed by atoms with Crippen molar-refractivity contribution in [3.8, 4) is 5.75 Å². The largest absolute Gasteiger partial charge is 0.497 e. The minimum absolute atomic E-state index is 0.129. The molecule has 1 aromatic rings. The maximum absolute atomic E-state index is 5.84. The van der Waals surface area contributed by atoms with Crippen molar-refractivity contribution in [1.82, 2.24) is 15.5 Å². The fraction of sp³-hybridized carbons (Fsp3) is 0.650. The van der Waals surface area contributed by atoms with Crippen molar-refractivity contribution in [3.63, 3.8) is 0 Å². The first-order valence-corrected chi connectivity index (χ1v) is 9.44. The predicted molar refractivity (Wildman–Crippen MR) is 107 cm³/mol. The van der Waals surface area contributed by atoms with Gasteiger partial charge >= 0.3 is 0 Å². The summed E-state index contributed by atoms with van der Waals surface area (Å²) in [5, 5.41) is 6.81. The highest BCUT2D eigenvalue weighted by Crippen LogP contribution is 2.25. The van der Waals surface area contributed by atoms with E-state index < -0.39 is 0 Å². The number of aliphatic imine (C=N–C) groups is 1. The number of nitrogens with one attached hydrogen (secondary N) is 2. The molecular formula is C20H34N4O2. The average Bonchev–Trinajstić information content (AvgIpc) is 3.06. The van der Waals surface area contributed by atoms with Gasteiger partial charge in [0.1, 0.15) is 5.75 Å². The van der Waals surface area contributed by atoms with Crippen LogP contribution in [0.1, 0.15) is 38.3 Å². The maximum atomic E-state index is 5.84. The Balaban J connectivity index is 2.03. The number of methoxy groups -OCH3 is 1. The van der Waals surface area contributed by atoms with Gasteiger partial charge < -0.3 is 25.0 Å². The van der Waals surface area contributed by atoms with Crippen molar-refractivity contribution in [2.24, 2.45) is 4.99 Å². The Kier molecular flexibility index (Phi) is 7.72. The van der Waals surface area contributed by atoms with Crippen molar-refractivity contribution >= 4 is 5.96 Å². The van der Waals surface area contributed by atoms with Gasteiger partial charge in [0.05, 0.1) is 25.3 Å². The molecule has 0 saturated carbocycles. The Labute approximate surface area is 158 Å². The van der Waals surface area contributed by atoms with E-state index in [1.165, 1.54) is 5.56 Å². The van der Waals surface area contributed by atoms with Crippen LogP contribution in [0, 0.1) is 0 Å². The Morgan fingerprint density at radius 1 is 1.38 bits per heavy atom. The number of ether oxygens (including phenoxy) is 2. The molecule has 2 N–H and O–H groups in total. The molecule has 26 heavy (non-hydrogen) atoms. The number of nitrogens with zero attached hydrogens (tertiary/aromatic N) is 2. The molecule has 2 atom stereocenters. The first-order valence-electron chi connectivity index (χ1n) is 9.44. The minimum Gasteiger partial charge on any atom is -0.497 e. The topological polar surface area (TPSA) is 58.1 Å². The van der Waals surface area contributed by atoms with E-state index in [0.717, 1.165) is 44.2 Å². The summed E-state index contributed by atoms with van der Waals surface area (Å²) < 4.78 is 11.2. The summed E-state index contributed by atoms with van der Waals surface area (Å²) in [5.74, 6) is 1.71. The second kappa shape index (κ2) is 9.78. The van der Waals surface area contributed by atoms with Gasteiger partial charge in [-0.05, 0) is 58.5 Å². The van der Waals surface area contributed by atoms with E-state index in [-0.39, 0.29) is 11.6 Å². The smallest absolute Gasteiger partial charge is 0.191 e. The quantitative estimate of drug-likeness (QED) is 0.549. The molecule has 0 aliphatic carbocycles. The summed E-state index contributed by atoms with van der Waals surface area (Å²) in [6, 6.07) is 8.43. The van der Waals surface area contributed by atoms with Crippen LogP contribution in [-0.4, -0.2) is 63.9 Å². The molecule has 0 spiro atoms. The molecule has 6 heteroatoms. The highest BCUT2D eigenvalue weighted by Gasteiger charge is 2.29. The molecule has 146 valence electrons. The van der Waals surface area contributed by atoms with Gasteiger partial charge in [0.2, 0.25) is 0 Å². The van der Waals surface area contributed by atoms with Gasteiger partial charge in [-0.2, -0.15) is 0 Å². The van der Waals surface area contributed by atoms with Gasteiger partial charge in [-0.1, -0.05) is 12.1 Å². The third-order valence-corrected chi connectivity index (χ3v) is 4.78. The summed E-state index contributed by atoms with van der Waals surface area (Å²) in [6.45, 7) is 7.32. The zero-order valence-corrected chi connectivity index (χ0v) is 16.8. The van der Waals surface area contributed by atoms with Crippen LogP contribution in [-0.2, 0) is 4.74 Å². The Morgan fingerprint density at radius 3 is 2.81 bits per heavy atom. The molecule has 0 amide bonds. The highest BCUT2D eigenvalue weighted by molar-refractivity contribution is 5.79. The molecule has 1 aromatic carbocycles. The average molecular weight is 363 g/mol. The van der Waals surface area contributed by atoms with E-state index >= 15 is 0 Å². The second-order valence-electron chi connectivity index (χ2n) is 7.23. The van der Waals surface area contributed by atoms with Crippen LogP contribution in [0.15, 0.2) is 29.3 Å². The Morgan fingerprint density at radius 2 is 2.19 bits per heavy atom. The zero-order valence-electron chi connectivity index (χ0n) is 16.8. The van der Waals surface area contributed by atoms with E-state index in [1.54, 1.807) is 7.11 Å². The van der Waals surface area contributed by atoms with E-state index in [0.29, 0.717) is 6.54 Å². The monoisotopic (exact) mass is 362 g/mol.